The Kier molecular flexibility index (Phi) is 7.88. The van der Waals surface area contributed by atoms with Gasteiger partial charge in [-0.05, 0) is 30.6 Å². The minimum atomic E-state index is -0.244. The third-order valence-electron chi connectivity index (χ3n) is 2.75. The van der Waals surface area contributed by atoms with Gasteiger partial charge in [-0.25, -0.2) is 0 Å². The molecule has 17 heavy (non-hydrogen) atoms. The molecular formula is C14H26O3. The number of hydrogen-bond acceptors (Lipinski definition) is 3. The Bertz CT molecular complexity index is 244. The molecule has 0 rings (SSSR count). The molecule has 0 saturated heterocycles. The van der Waals surface area contributed by atoms with E-state index in [1.165, 1.54) is 6.92 Å². The minimum Gasteiger partial charge on any atom is -0.462 e. The summed E-state index contributed by atoms with van der Waals surface area (Å²) in [7, 11) is 0. The van der Waals surface area contributed by atoms with Crippen molar-refractivity contribution >= 4 is 5.97 Å². The van der Waals surface area contributed by atoms with Crippen LogP contribution in [0.25, 0.3) is 0 Å². The Morgan fingerprint density at radius 1 is 1.41 bits per heavy atom. The summed E-state index contributed by atoms with van der Waals surface area (Å²) in [5, 5.41) is 9.03. The fourth-order valence-electron chi connectivity index (χ4n) is 1.94. The van der Waals surface area contributed by atoms with Gasteiger partial charge in [-0.3, -0.25) is 4.79 Å². The van der Waals surface area contributed by atoms with Crippen LogP contribution in [-0.2, 0) is 9.53 Å². The van der Waals surface area contributed by atoms with E-state index in [9.17, 15) is 4.79 Å². The lowest BCUT2D eigenvalue weighted by Crippen LogP contribution is -2.17. The topological polar surface area (TPSA) is 46.5 Å². The van der Waals surface area contributed by atoms with E-state index in [2.05, 4.69) is 20.8 Å². The van der Waals surface area contributed by atoms with Gasteiger partial charge in [0.2, 0.25) is 0 Å². The molecule has 0 saturated carbocycles. The van der Waals surface area contributed by atoms with Crippen molar-refractivity contribution in [2.24, 2.45) is 11.3 Å². The zero-order valence-corrected chi connectivity index (χ0v) is 11.5. The van der Waals surface area contributed by atoms with Crippen LogP contribution in [0.5, 0.6) is 0 Å². The van der Waals surface area contributed by atoms with Crippen LogP contribution in [0.1, 0.15) is 47.0 Å². The second-order valence-corrected chi connectivity index (χ2v) is 5.47. The highest BCUT2D eigenvalue weighted by Crippen LogP contribution is 2.30. The van der Waals surface area contributed by atoms with Crippen molar-refractivity contribution in [3.05, 3.63) is 12.2 Å². The predicted octanol–water partition coefficient (Wildman–Crippen LogP) is 2.93. The van der Waals surface area contributed by atoms with E-state index >= 15 is 0 Å². The zero-order valence-electron chi connectivity index (χ0n) is 11.5. The summed E-state index contributed by atoms with van der Waals surface area (Å²) in [6, 6.07) is 0. The molecule has 0 heterocycles. The van der Waals surface area contributed by atoms with Crippen LogP contribution < -0.4 is 0 Å². The van der Waals surface area contributed by atoms with Gasteiger partial charge in [0.05, 0.1) is 0 Å². The van der Waals surface area contributed by atoms with Gasteiger partial charge in [0.25, 0.3) is 0 Å². The fourth-order valence-corrected chi connectivity index (χ4v) is 1.94. The molecule has 1 unspecified atom stereocenters. The molecule has 0 amide bonds. The van der Waals surface area contributed by atoms with Crippen LogP contribution in [0.4, 0.5) is 0 Å². The number of hydrogen-bond donors (Lipinski definition) is 1. The van der Waals surface area contributed by atoms with Crippen molar-refractivity contribution in [2.45, 2.75) is 47.0 Å². The quantitative estimate of drug-likeness (QED) is 0.526. The van der Waals surface area contributed by atoms with Gasteiger partial charge >= 0.3 is 5.97 Å². The van der Waals surface area contributed by atoms with E-state index in [1.807, 2.05) is 12.2 Å². The highest BCUT2D eigenvalue weighted by Gasteiger charge is 2.19. The Morgan fingerprint density at radius 3 is 2.59 bits per heavy atom. The van der Waals surface area contributed by atoms with Crippen LogP contribution in [0.2, 0.25) is 0 Å². The van der Waals surface area contributed by atoms with Crippen molar-refractivity contribution in [3.63, 3.8) is 0 Å². The van der Waals surface area contributed by atoms with Crippen LogP contribution >= 0.6 is 0 Å². The average Bonchev–Trinajstić information content (AvgIpc) is 2.22. The Hall–Kier alpha value is -0.830. The lowest BCUT2D eigenvalue weighted by molar-refractivity contribution is -0.139. The van der Waals surface area contributed by atoms with E-state index in [-0.39, 0.29) is 18.0 Å². The molecular weight excluding hydrogens is 216 g/mol. The van der Waals surface area contributed by atoms with Crippen molar-refractivity contribution in [1.82, 2.24) is 0 Å². The molecule has 0 aliphatic rings. The molecule has 3 heteroatoms. The molecule has 0 fully saturated rings. The molecule has 0 aromatic rings. The molecule has 0 bridgehead atoms. The zero-order chi connectivity index (χ0) is 13.3. The molecule has 0 radical (unpaired) electrons. The summed E-state index contributed by atoms with van der Waals surface area (Å²) in [5.41, 5.74) is 0.244. The summed E-state index contributed by atoms with van der Waals surface area (Å²) in [5.74, 6) is 0.113. The fraction of sp³-hybridized carbons (Fsp3) is 0.786. The standard InChI is InChI=1S/C14H26O3/c1-12(11-15)10-14(3,4)8-6-5-7-9-17-13(2)16/h5,7,12,15H,6,8-11H2,1-4H3/b7-5+. The highest BCUT2D eigenvalue weighted by atomic mass is 16.5. The number of allylic oxidation sites excluding steroid dienone is 1. The molecule has 1 atom stereocenters. The van der Waals surface area contributed by atoms with Crippen molar-refractivity contribution in [1.29, 1.82) is 0 Å². The Labute approximate surface area is 105 Å². The lowest BCUT2D eigenvalue weighted by Gasteiger charge is -2.26. The third-order valence-corrected chi connectivity index (χ3v) is 2.75. The van der Waals surface area contributed by atoms with Crippen molar-refractivity contribution in [3.8, 4) is 0 Å². The number of carbonyl (C=O) groups excluding carboxylic acids is 1. The molecule has 0 aliphatic heterocycles. The summed E-state index contributed by atoms with van der Waals surface area (Å²) in [4.78, 5) is 10.5. The van der Waals surface area contributed by atoms with Gasteiger partial charge in [0.15, 0.2) is 0 Å². The van der Waals surface area contributed by atoms with Gasteiger partial charge in [0, 0.05) is 13.5 Å². The van der Waals surface area contributed by atoms with Gasteiger partial charge < -0.3 is 9.84 Å². The first-order valence-electron chi connectivity index (χ1n) is 6.26. The average molecular weight is 242 g/mol. The molecule has 1 N–H and O–H groups in total. The third kappa shape index (κ3) is 10.1. The number of rotatable bonds is 8. The number of ether oxygens (including phenoxy) is 1. The molecule has 0 aliphatic carbocycles. The van der Waals surface area contributed by atoms with E-state index in [0.29, 0.717) is 12.5 Å². The molecule has 0 aromatic heterocycles. The van der Waals surface area contributed by atoms with Crippen LogP contribution in [-0.4, -0.2) is 24.3 Å². The molecule has 0 aromatic carbocycles. The summed E-state index contributed by atoms with van der Waals surface area (Å²) < 4.78 is 4.80. The van der Waals surface area contributed by atoms with Crippen LogP contribution in [0.3, 0.4) is 0 Å². The SMILES string of the molecule is CC(=O)OC/C=C/CCC(C)(C)CC(C)CO. The summed E-state index contributed by atoms with van der Waals surface area (Å²) in [6.45, 7) is 8.54. The predicted molar refractivity (Wildman–Crippen MR) is 69.7 cm³/mol. The van der Waals surface area contributed by atoms with E-state index < -0.39 is 0 Å². The first-order chi connectivity index (χ1) is 7.87. The van der Waals surface area contributed by atoms with E-state index in [4.69, 9.17) is 9.84 Å². The Morgan fingerprint density at radius 2 is 2.06 bits per heavy atom. The van der Waals surface area contributed by atoms with Crippen molar-refractivity contribution < 1.29 is 14.6 Å². The lowest BCUT2D eigenvalue weighted by atomic mass is 9.80. The van der Waals surface area contributed by atoms with Crippen molar-refractivity contribution in [2.75, 3.05) is 13.2 Å². The smallest absolute Gasteiger partial charge is 0.302 e. The van der Waals surface area contributed by atoms with Crippen LogP contribution in [0.15, 0.2) is 12.2 Å². The van der Waals surface area contributed by atoms with Gasteiger partial charge in [-0.2, -0.15) is 0 Å². The monoisotopic (exact) mass is 242 g/mol. The second kappa shape index (κ2) is 8.29. The molecule has 3 nitrogen and oxygen atoms in total. The number of aliphatic hydroxyl groups excluding tert-OH is 1. The largest absolute Gasteiger partial charge is 0.462 e. The number of aliphatic hydroxyl groups is 1. The minimum absolute atomic E-state index is 0.244. The second-order valence-electron chi connectivity index (χ2n) is 5.47. The first kappa shape index (κ1) is 16.2. The summed E-state index contributed by atoms with van der Waals surface area (Å²) in [6.07, 6.45) is 7.02. The first-order valence-corrected chi connectivity index (χ1v) is 6.26. The highest BCUT2D eigenvalue weighted by molar-refractivity contribution is 5.65. The normalized spacial score (nSPS) is 13.9. The maximum Gasteiger partial charge on any atom is 0.302 e. The molecule has 100 valence electrons. The van der Waals surface area contributed by atoms with Gasteiger partial charge in [0.1, 0.15) is 6.61 Å². The molecule has 0 spiro atoms. The number of carbonyl (C=O) groups is 1. The number of esters is 1. The Balaban J connectivity index is 3.74. The summed E-state index contributed by atoms with van der Waals surface area (Å²) >= 11 is 0. The maximum atomic E-state index is 10.5. The maximum absolute atomic E-state index is 10.5. The van der Waals surface area contributed by atoms with Gasteiger partial charge in [-0.1, -0.05) is 32.9 Å². The van der Waals surface area contributed by atoms with Gasteiger partial charge in [-0.15, -0.1) is 0 Å². The van der Waals surface area contributed by atoms with E-state index in [1.54, 1.807) is 0 Å². The van der Waals surface area contributed by atoms with Crippen LogP contribution in [0, 0.1) is 11.3 Å². The van der Waals surface area contributed by atoms with E-state index in [0.717, 1.165) is 19.3 Å².